The molecule has 0 radical (unpaired) electrons. The number of benzene rings is 2. The minimum Gasteiger partial charge on any atom is -0.478 e. The monoisotopic (exact) mass is 240 g/mol. The van der Waals surface area contributed by atoms with Gasteiger partial charge in [-0.2, -0.15) is 0 Å². The van der Waals surface area contributed by atoms with Gasteiger partial charge in [-0.3, -0.25) is 0 Å². The Bertz CT molecular complexity index is 612. The SMILES string of the molecule is Cc1ccc(C(=O)O)c(-c2cccc(C)c2C)c1. The lowest BCUT2D eigenvalue weighted by Crippen LogP contribution is -2.01. The maximum atomic E-state index is 11.3. The zero-order chi connectivity index (χ0) is 13.3. The lowest BCUT2D eigenvalue weighted by molar-refractivity contribution is 0.0698. The second-order valence-electron chi connectivity index (χ2n) is 4.60. The molecule has 0 fully saturated rings. The van der Waals surface area contributed by atoms with E-state index >= 15 is 0 Å². The summed E-state index contributed by atoms with van der Waals surface area (Å²) >= 11 is 0. The van der Waals surface area contributed by atoms with Crippen LogP contribution >= 0.6 is 0 Å². The Balaban J connectivity index is 2.73. The van der Waals surface area contributed by atoms with Crippen LogP contribution in [0.2, 0.25) is 0 Å². The molecule has 0 aromatic heterocycles. The number of carboxylic acids is 1. The topological polar surface area (TPSA) is 37.3 Å². The number of aromatic carboxylic acids is 1. The van der Waals surface area contributed by atoms with Crippen LogP contribution in [0.5, 0.6) is 0 Å². The largest absolute Gasteiger partial charge is 0.478 e. The van der Waals surface area contributed by atoms with Crippen molar-refractivity contribution in [2.24, 2.45) is 0 Å². The predicted octanol–water partition coefficient (Wildman–Crippen LogP) is 3.98. The van der Waals surface area contributed by atoms with Crippen LogP contribution in [-0.4, -0.2) is 11.1 Å². The molecule has 0 saturated carbocycles. The molecular weight excluding hydrogens is 224 g/mol. The molecular formula is C16H16O2. The summed E-state index contributed by atoms with van der Waals surface area (Å²) in [7, 11) is 0. The Morgan fingerprint density at radius 1 is 1.00 bits per heavy atom. The summed E-state index contributed by atoms with van der Waals surface area (Å²) in [6.07, 6.45) is 0. The van der Waals surface area contributed by atoms with Crippen molar-refractivity contribution in [3.8, 4) is 11.1 Å². The number of hydrogen-bond donors (Lipinski definition) is 1. The van der Waals surface area contributed by atoms with Crippen molar-refractivity contribution in [1.29, 1.82) is 0 Å². The summed E-state index contributed by atoms with van der Waals surface area (Å²) in [5.74, 6) is -0.883. The van der Waals surface area contributed by atoms with E-state index in [0.717, 1.165) is 22.3 Å². The molecule has 2 rings (SSSR count). The third-order valence-corrected chi connectivity index (χ3v) is 3.30. The normalized spacial score (nSPS) is 10.4. The van der Waals surface area contributed by atoms with Crippen molar-refractivity contribution >= 4 is 5.97 Å². The maximum Gasteiger partial charge on any atom is 0.336 e. The van der Waals surface area contributed by atoms with Crippen molar-refractivity contribution in [2.75, 3.05) is 0 Å². The highest BCUT2D eigenvalue weighted by Crippen LogP contribution is 2.29. The van der Waals surface area contributed by atoms with Crippen molar-refractivity contribution in [1.82, 2.24) is 0 Å². The molecule has 0 unspecified atom stereocenters. The first-order valence-corrected chi connectivity index (χ1v) is 5.91. The zero-order valence-corrected chi connectivity index (χ0v) is 10.8. The van der Waals surface area contributed by atoms with Crippen LogP contribution in [-0.2, 0) is 0 Å². The van der Waals surface area contributed by atoms with Gasteiger partial charge in [0.15, 0.2) is 0 Å². The minimum atomic E-state index is -0.883. The maximum absolute atomic E-state index is 11.3. The molecule has 92 valence electrons. The summed E-state index contributed by atoms with van der Waals surface area (Å²) in [6, 6.07) is 11.4. The average Bonchev–Trinajstić information content (AvgIpc) is 2.32. The molecule has 0 heterocycles. The highest BCUT2D eigenvalue weighted by molar-refractivity contribution is 5.96. The molecule has 1 N–H and O–H groups in total. The fraction of sp³-hybridized carbons (Fsp3) is 0.188. The molecule has 0 aliphatic rings. The van der Waals surface area contributed by atoms with E-state index in [0.29, 0.717) is 5.56 Å². The van der Waals surface area contributed by atoms with Crippen LogP contribution in [0, 0.1) is 20.8 Å². The number of carbonyl (C=O) groups is 1. The van der Waals surface area contributed by atoms with Crippen molar-refractivity contribution in [2.45, 2.75) is 20.8 Å². The summed E-state index contributed by atoms with van der Waals surface area (Å²) in [5, 5.41) is 9.28. The van der Waals surface area contributed by atoms with E-state index < -0.39 is 5.97 Å². The van der Waals surface area contributed by atoms with Gasteiger partial charge in [0.25, 0.3) is 0 Å². The summed E-state index contributed by atoms with van der Waals surface area (Å²) < 4.78 is 0. The van der Waals surface area contributed by atoms with Gasteiger partial charge in [-0.25, -0.2) is 4.79 Å². The van der Waals surface area contributed by atoms with Gasteiger partial charge in [-0.1, -0.05) is 35.9 Å². The molecule has 0 spiro atoms. The van der Waals surface area contributed by atoms with Crippen molar-refractivity contribution in [3.05, 3.63) is 58.7 Å². The van der Waals surface area contributed by atoms with Gasteiger partial charge in [0.2, 0.25) is 0 Å². The van der Waals surface area contributed by atoms with Crippen LogP contribution in [0.25, 0.3) is 11.1 Å². The first-order chi connectivity index (χ1) is 8.50. The highest BCUT2D eigenvalue weighted by Gasteiger charge is 2.13. The molecule has 0 saturated heterocycles. The molecule has 0 atom stereocenters. The van der Waals surface area contributed by atoms with Crippen LogP contribution in [0.4, 0.5) is 0 Å². The van der Waals surface area contributed by atoms with Crippen LogP contribution in [0.3, 0.4) is 0 Å². The van der Waals surface area contributed by atoms with Crippen LogP contribution in [0.15, 0.2) is 36.4 Å². The molecule has 0 aliphatic carbocycles. The molecule has 2 aromatic carbocycles. The first kappa shape index (κ1) is 12.4. The van der Waals surface area contributed by atoms with Crippen molar-refractivity contribution < 1.29 is 9.90 Å². The van der Waals surface area contributed by atoms with E-state index in [1.807, 2.05) is 51.1 Å². The molecule has 2 aromatic rings. The first-order valence-electron chi connectivity index (χ1n) is 5.91. The van der Waals surface area contributed by atoms with Gasteiger partial charge in [0.05, 0.1) is 5.56 Å². The van der Waals surface area contributed by atoms with Gasteiger partial charge < -0.3 is 5.11 Å². The fourth-order valence-corrected chi connectivity index (χ4v) is 2.11. The minimum absolute atomic E-state index is 0.356. The van der Waals surface area contributed by atoms with E-state index in [9.17, 15) is 9.90 Å². The molecule has 18 heavy (non-hydrogen) atoms. The summed E-state index contributed by atoms with van der Waals surface area (Å²) in [6.45, 7) is 6.04. The molecule has 0 bridgehead atoms. The number of hydrogen-bond acceptors (Lipinski definition) is 1. The van der Waals surface area contributed by atoms with Crippen molar-refractivity contribution in [3.63, 3.8) is 0 Å². The quantitative estimate of drug-likeness (QED) is 0.862. The predicted molar refractivity (Wildman–Crippen MR) is 73.0 cm³/mol. The second kappa shape index (κ2) is 4.65. The van der Waals surface area contributed by atoms with Gasteiger partial charge in [-0.15, -0.1) is 0 Å². The Morgan fingerprint density at radius 2 is 1.72 bits per heavy atom. The zero-order valence-electron chi connectivity index (χ0n) is 10.8. The standard InChI is InChI=1S/C16H16O2/c1-10-7-8-14(16(17)18)15(9-10)13-6-4-5-11(2)12(13)3/h4-9H,1-3H3,(H,17,18). The van der Waals surface area contributed by atoms with Gasteiger partial charge in [-0.05, 0) is 49.1 Å². The Kier molecular flexibility index (Phi) is 3.19. The lowest BCUT2D eigenvalue weighted by atomic mass is 9.92. The Labute approximate surface area is 107 Å². The smallest absolute Gasteiger partial charge is 0.336 e. The van der Waals surface area contributed by atoms with E-state index in [2.05, 4.69) is 0 Å². The van der Waals surface area contributed by atoms with E-state index in [1.165, 1.54) is 5.56 Å². The van der Waals surface area contributed by atoms with E-state index in [-0.39, 0.29) is 0 Å². The second-order valence-corrected chi connectivity index (χ2v) is 4.60. The highest BCUT2D eigenvalue weighted by atomic mass is 16.4. The van der Waals surface area contributed by atoms with E-state index in [4.69, 9.17) is 0 Å². The Morgan fingerprint density at radius 3 is 2.39 bits per heavy atom. The number of rotatable bonds is 2. The number of aryl methyl sites for hydroxylation is 2. The lowest BCUT2D eigenvalue weighted by Gasteiger charge is -2.12. The van der Waals surface area contributed by atoms with Crippen LogP contribution < -0.4 is 0 Å². The fourth-order valence-electron chi connectivity index (χ4n) is 2.11. The third kappa shape index (κ3) is 2.14. The summed E-state index contributed by atoms with van der Waals surface area (Å²) in [4.78, 5) is 11.3. The van der Waals surface area contributed by atoms with Gasteiger partial charge >= 0.3 is 5.97 Å². The molecule has 2 heteroatoms. The Hall–Kier alpha value is -2.09. The molecule has 0 aliphatic heterocycles. The summed E-state index contributed by atoms with van der Waals surface area (Å²) in [5.41, 5.74) is 5.51. The third-order valence-electron chi connectivity index (χ3n) is 3.30. The van der Waals surface area contributed by atoms with Gasteiger partial charge in [0, 0.05) is 0 Å². The number of carboxylic acid groups (broad SMARTS) is 1. The van der Waals surface area contributed by atoms with E-state index in [1.54, 1.807) is 6.07 Å². The molecule has 2 nitrogen and oxygen atoms in total. The average molecular weight is 240 g/mol. The molecule has 0 amide bonds. The van der Waals surface area contributed by atoms with Crippen LogP contribution in [0.1, 0.15) is 27.0 Å². The van der Waals surface area contributed by atoms with Gasteiger partial charge in [0.1, 0.15) is 0 Å².